The molecular formula is C18H15F. The summed E-state index contributed by atoms with van der Waals surface area (Å²) in [7, 11) is 0. The van der Waals surface area contributed by atoms with Crippen LogP contribution in [0.1, 0.15) is 11.1 Å². The second kappa shape index (κ2) is 5.23. The van der Waals surface area contributed by atoms with E-state index in [1.807, 2.05) is 6.07 Å². The Morgan fingerprint density at radius 1 is 0.632 bits per heavy atom. The first-order chi connectivity index (χ1) is 9.31. The van der Waals surface area contributed by atoms with Crippen LogP contribution in [0.25, 0.3) is 10.8 Å². The lowest BCUT2D eigenvalue weighted by Crippen LogP contribution is -1.92. The van der Waals surface area contributed by atoms with Gasteiger partial charge in [-0.25, -0.2) is 4.39 Å². The molecule has 0 bridgehead atoms. The van der Waals surface area contributed by atoms with Crippen LogP contribution in [0.5, 0.6) is 0 Å². The SMILES string of the molecule is Fc1cccc(CCc2ccc3ccccc3c2)c1. The van der Waals surface area contributed by atoms with E-state index in [1.54, 1.807) is 12.1 Å². The first-order valence-electron chi connectivity index (χ1n) is 6.53. The molecule has 3 rings (SSSR count). The molecule has 0 N–H and O–H groups in total. The summed E-state index contributed by atoms with van der Waals surface area (Å²) in [5, 5.41) is 2.52. The molecule has 0 aliphatic rings. The molecule has 0 radical (unpaired) electrons. The summed E-state index contributed by atoms with van der Waals surface area (Å²) in [6.07, 6.45) is 1.81. The van der Waals surface area contributed by atoms with Crippen LogP contribution < -0.4 is 0 Å². The van der Waals surface area contributed by atoms with E-state index in [4.69, 9.17) is 0 Å². The second-order valence-electron chi connectivity index (χ2n) is 4.81. The highest BCUT2D eigenvalue weighted by atomic mass is 19.1. The van der Waals surface area contributed by atoms with Gasteiger partial charge in [0, 0.05) is 0 Å². The average molecular weight is 250 g/mol. The summed E-state index contributed by atoms with van der Waals surface area (Å²) >= 11 is 0. The van der Waals surface area contributed by atoms with Gasteiger partial charge in [0.25, 0.3) is 0 Å². The minimum absolute atomic E-state index is 0.156. The fraction of sp³-hybridized carbons (Fsp3) is 0.111. The minimum Gasteiger partial charge on any atom is -0.207 e. The average Bonchev–Trinajstić information content (AvgIpc) is 2.45. The van der Waals surface area contributed by atoms with Crippen molar-refractivity contribution < 1.29 is 4.39 Å². The third kappa shape index (κ3) is 2.82. The summed E-state index contributed by atoms with van der Waals surface area (Å²) in [6.45, 7) is 0. The van der Waals surface area contributed by atoms with E-state index in [1.165, 1.54) is 22.4 Å². The van der Waals surface area contributed by atoms with E-state index in [0.29, 0.717) is 0 Å². The van der Waals surface area contributed by atoms with Crippen molar-refractivity contribution in [2.75, 3.05) is 0 Å². The van der Waals surface area contributed by atoms with Gasteiger partial charge in [0.1, 0.15) is 5.82 Å². The van der Waals surface area contributed by atoms with Gasteiger partial charge in [0.05, 0.1) is 0 Å². The summed E-state index contributed by atoms with van der Waals surface area (Å²) in [5.74, 6) is -0.156. The van der Waals surface area contributed by atoms with Crippen molar-refractivity contribution in [1.82, 2.24) is 0 Å². The Bertz CT molecular complexity index is 701. The number of hydrogen-bond acceptors (Lipinski definition) is 0. The molecule has 0 saturated heterocycles. The molecular weight excluding hydrogens is 235 g/mol. The van der Waals surface area contributed by atoms with Crippen LogP contribution in [0, 0.1) is 5.82 Å². The highest BCUT2D eigenvalue weighted by Gasteiger charge is 1.99. The summed E-state index contributed by atoms with van der Waals surface area (Å²) in [6, 6.07) is 21.7. The Morgan fingerprint density at radius 2 is 1.37 bits per heavy atom. The lowest BCUT2D eigenvalue weighted by molar-refractivity contribution is 0.625. The summed E-state index contributed by atoms with van der Waals surface area (Å²) in [5.41, 5.74) is 2.34. The molecule has 0 aliphatic heterocycles. The van der Waals surface area contributed by atoms with Crippen molar-refractivity contribution in [3.8, 4) is 0 Å². The Kier molecular flexibility index (Phi) is 3.28. The largest absolute Gasteiger partial charge is 0.207 e. The van der Waals surface area contributed by atoms with Crippen LogP contribution >= 0.6 is 0 Å². The number of fused-ring (bicyclic) bond motifs is 1. The van der Waals surface area contributed by atoms with Crippen LogP contribution in [-0.2, 0) is 12.8 Å². The van der Waals surface area contributed by atoms with Crippen molar-refractivity contribution in [3.63, 3.8) is 0 Å². The van der Waals surface area contributed by atoms with E-state index < -0.39 is 0 Å². The molecule has 0 heterocycles. The van der Waals surface area contributed by atoms with Gasteiger partial charge in [0.2, 0.25) is 0 Å². The number of halogens is 1. The minimum atomic E-state index is -0.156. The zero-order valence-corrected chi connectivity index (χ0v) is 10.6. The predicted molar refractivity (Wildman–Crippen MR) is 77.8 cm³/mol. The molecule has 0 atom stereocenters. The fourth-order valence-corrected chi connectivity index (χ4v) is 2.38. The molecule has 0 fully saturated rings. The van der Waals surface area contributed by atoms with Gasteiger partial charge in [-0.3, -0.25) is 0 Å². The molecule has 1 heteroatoms. The molecule has 0 aliphatic carbocycles. The molecule has 0 aromatic heterocycles. The summed E-state index contributed by atoms with van der Waals surface area (Å²) in [4.78, 5) is 0. The molecule has 19 heavy (non-hydrogen) atoms. The Hall–Kier alpha value is -2.15. The summed E-state index contributed by atoms with van der Waals surface area (Å²) < 4.78 is 13.1. The number of hydrogen-bond donors (Lipinski definition) is 0. The quantitative estimate of drug-likeness (QED) is 0.628. The maximum Gasteiger partial charge on any atom is 0.123 e. The van der Waals surface area contributed by atoms with Gasteiger partial charge in [-0.2, -0.15) is 0 Å². The van der Waals surface area contributed by atoms with Crippen molar-refractivity contribution in [1.29, 1.82) is 0 Å². The molecule has 3 aromatic carbocycles. The van der Waals surface area contributed by atoms with Crippen molar-refractivity contribution in [3.05, 3.63) is 83.7 Å². The maximum atomic E-state index is 13.1. The molecule has 0 amide bonds. The number of rotatable bonds is 3. The lowest BCUT2D eigenvalue weighted by atomic mass is 10.0. The van der Waals surface area contributed by atoms with Gasteiger partial charge in [-0.15, -0.1) is 0 Å². The monoisotopic (exact) mass is 250 g/mol. The molecule has 0 spiro atoms. The van der Waals surface area contributed by atoms with Gasteiger partial charge in [-0.1, -0.05) is 54.6 Å². The van der Waals surface area contributed by atoms with Gasteiger partial charge in [0.15, 0.2) is 0 Å². The molecule has 94 valence electrons. The van der Waals surface area contributed by atoms with Gasteiger partial charge < -0.3 is 0 Å². The van der Waals surface area contributed by atoms with E-state index in [-0.39, 0.29) is 5.82 Å². The Labute approximate surface area is 112 Å². The fourth-order valence-electron chi connectivity index (χ4n) is 2.38. The van der Waals surface area contributed by atoms with E-state index in [2.05, 4.69) is 42.5 Å². The van der Waals surface area contributed by atoms with Crippen molar-refractivity contribution >= 4 is 10.8 Å². The van der Waals surface area contributed by atoms with Crippen LogP contribution in [0.2, 0.25) is 0 Å². The third-order valence-corrected chi connectivity index (χ3v) is 3.41. The Morgan fingerprint density at radius 3 is 2.16 bits per heavy atom. The first-order valence-corrected chi connectivity index (χ1v) is 6.53. The molecule has 0 saturated carbocycles. The number of benzene rings is 3. The standard InChI is InChI=1S/C18H15F/c19-18-7-3-4-14(13-18)8-9-15-10-11-16-5-1-2-6-17(16)12-15/h1-7,10-13H,8-9H2. The topological polar surface area (TPSA) is 0 Å². The van der Waals surface area contributed by atoms with Gasteiger partial charge in [-0.05, 0) is 46.9 Å². The normalized spacial score (nSPS) is 10.8. The zero-order chi connectivity index (χ0) is 13.1. The van der Waals surface area contributed by atoms with Crippen molar-refractivity contribution in [2.24, 2.45) is 0 Å². The Balaban J connectivity index is 1.78. The predicted octanol–water partition coefficient (Wildman–Crippen LogP) is 4.76. The van der Waals surface area contributed by atoms with Crippen LogP contribution in [0.3, 0.4) is 0 Å². The third-order valence-electron chi connectivity index (χ3n) is 3.41. The smallest absolute Gasteiger partial charge is 0.123 e. The molecule has 3 aromatic rings. The number of aryl methyl sites for hydroxylation is 2. The van der Waals surface area contributed by atoms with Crippen LogP contribution in [-0.4, -0.2) is 0 Å². The highest BCUT2D eigenvalue weighted by molar-refractivity contribution is 5.82. The van der Waals surface area contributed by atoms with Crippen molar-refractivity contribution in [2.45, 2.75) is 12.8 Å². The second-order valence-corrected chi connectivity index (χ2v) is 4.81. The van der Waals surface area contributed by atoms with Crippen LogP contribution in [0.4, 0.5) is 4.39 Å². The van der Waals surface area contributed by atoms with E-state index in [9.17, 15) is 4.39 Å². The highest BCUT2D eigenvalue weighted by Crippen LogP contribution is 2.17. The maximum absolute atomic E-state index is 13.1. The van der Waals surface area contributed by atoms with Crippen LogP contribution in [0.15, 0.2) is 66.7 Å². The first kappa shape index (κ1) is 11.9. The lowest BCUT2D eigenvalue weighted by Gasteiger charge is -2.04. The van der Waals surface area contributed by atoms with E-state index in [0.717, 1.165) is 18.4 Å². The zero-order valence-electron chi connectivity index (χ0n) is 10.6. The van der Waals surface area contributed by atoms with Gasteiger partial charge >= 0.3 is 0 Å². The molecule has 0 nitrogen and oxygen atoms in total. The molecule has 0 unspecified atom stereocenters. The van der Waals surface area contributed by atoms with E-state index >= 15 is 0 Å².